The van der Waals surface area contributed by atoms with E-state index in [0.29, 0.717) is 36.3 Å². The molecular formula is C19H20FN3O2S. The smallest absolute Gasteiger partial charge is 0.241 e. The molecule has 0 radical (unpaired) electrons. The lowest BCUT2D eigenvalue weighted by atomic mass is 10.0. The van der Waals surface area contributed by atoms with Crippen LogP contribution in [0.5, 0.6) is 0 Å². The van der Waals surface area contributed by atoms with Gasteiger partial charge in [-0.1, -0.05) is 18.2 Å². The summed E-state index contributed by atoms with van der Waals surface area (Å²) in [5, 5.41) is 2.37. The molecule has 2 aromatic carbocycles. The summed E-state index contributed by atoms with van der Waals surface area (Å²) in [6.07, 6.45) is 1.44. The molecule has 0 saturated carbocycles. The zero-order valence-corrected chi connectivity index (χ0v) is 15.3. The van der Waals surface area contributed by atoms with Crippen molar-refractivity contribution < 1.29 is 12.8 Å². The summed E-state index contributed by atoms with van der Waals surface area (Å²) >= 11 is 0. The van der Waals surface area contributed by atoms with Crippen LogP contribution in [0.15, 0.2) is 42.5 Å². The molecule has 1 heterocycles. The fraction of sp³-hybridized carbons (Fsp3) is 0.316. The number of nitrogens with one attached hydrogen (secondary N) is 1. The molecule has 2 aromatic rings. The van der Waals surface area contributed by atoms with Gasteiger partial charge in [-0.05, 0) is 62.7 Å². The maximum Gasteiger partial charge on any atom is 0.241 e. The number of hydrogen-bond acceptors (Lipinski definition) is 3. The number of benzene rings is 2. The highest BCUT2D eigenvalue weighted by atomic mass is 32.2. The van der Waals surface area contributed by atoms with Crippen molar-refractivity contribution in [3.8, 4) is 0 Å². The first-order valence-corrected chi connectivity index (χ1v) is 9.93. The van der Waals surface area contributed by atoms with E-state index >= 15 is 0 Å². The van der Waals surface area contributed by atoms with Gasteiger partial charge in [0, 0.05) is 0 Å². The minimum absolute atomic E-state index is 0.252. The van der Waals surface area contributed by atoms with Gasteiger partial charge in [0.25, 0.3) is 0 Å². The predicted molar refractivity (Wildman–Crippen MR) is 101 cm³/mol. The van der Waals surface area contributed by atoms with Gasteiger partial charge in [-0.2, -0.15) is 0 Å². The molecule has 0 aliphatic carbocycles. The third kappa shape index (κ3) is 3.30. The Bertz CT molecular complexity index is 953. The fourth-order valence-electron chi connectivity index (χ4n) is 3.31. The van der Waals surface area contributed by atoms with Gasteiger partial charge in [0.1, 0.15) is 5.82 Å². The van der Waals surface area contributed by atoms with Gasteiger partial charge >= 0.3 is 0 Å². The molecular weight excluding hydrogens is 353 g/mol. The third-order valence-corrected chi connectivity index (χ3v) is 6.70. The van der Waals surface area contributed by atoms with E-state index in [9.17, 15) is 12.8 Å². The highest BCUT2D eigenvalue weighted by Crippen LogP contribution is 2.43. The van der Waals surface area contributed by atoms with Crippen LogP contribution in [0.4, 0.5) is 21.5 Å². The van der Waals surface area contributed by atoms with E-state index in [1.165, 1.54) is 22.5 Å². The van der Waals surface area contributed by atoms with Crippen molar-refractivity contribution in [3.63, 3.8) is 0 Å². The normalized spacial score (nSPS) is 18.2. The summed E-state index contributed by atoms with van der Waals surface area (Å²) in [6.45, 7) is 8.08. The zero-order chi connectivity index (χ0) is 18.7. The predicted octanol–water partition coefficient (Wildman–Crippen LogP) is 3.77. The SMILES string of the molecule is [C-]#[N+]c1ccccc1N1c2ccc(F)cc2C[C@@H](CCCNC)S1(=O)=O. The molecule has 0 unspecified atom stereocenters. The Hall–Kier alpha value is -2.43. The van der Waals surface area contributed by atoms with Crippen LogP contribution in [-0.4, -0.2) is 27.3 Å². The Morgan fingerprint density at radius 3 is 2.77 bits per heavy atom. The maximum absolute atomic E-state index is 13.8. The summed E-state index contributed by atoms with van der Waals surface area (Å²) in [7, 11) is -1.90. The second kappa shape index (κ2) is 7.44. The lowest BCUT2D eigenvalue weighted by molar-refractivity contribution is 0.553. The number of rotatable bonds is 5. The Morgan fingerprint density at radius 1 is 1.27 bits per heavy atom. The molecule has 0 spiro atoms. The lowest BCUT2D eigenvalue weighted by Gasteiger charge is -2.36. The van der Waals surface area contributed by atoms with Crippen LogP contribution in [-0.2, 0) is 16.4 Å². The highest BCUT2D eigenvalue weighted by molar-refractivity contribution is 7.93. The van der Waals surface area contributed by atoms with Crippen LogP contribution in [0.2, 0.25) is 0 Å². The monoisotopic (exact) mass is 373 g/mol. The summed E-state index contributed by atoms with van der Waals surface area (Å²) in [4.78, 5) is 3.46. The second-order valence-electron chi connectivity index (χ2n) is 6.25. The average Bonchev–Trinajstić information content (AvgIpc) is 2.62. The zero-order valence-electron chi connectivity index (χ0n) is 14.4. The van der Waals surface area contributed by atoms with Crippen molar-refractivity contribution in [1.82, 2.24) is 5.32 Å². The first-order valence-electron chi connectivity index (χ1n) is 8.42. The molecule has 5 nitrogen and oxygen atoms in total. The van der Waals surface area contributed by atoms with Gasteiger partial charge < -0.3 is 5.32 Å². The van der Waals surface area contributed by atoms with Gasteiger partial charge in [0.15, 0.2) is 0 Å². The Balaban J connectivity index is 2.15. The van der Waals surface area contributed by atoms with Crippen molar-refractivity contribution in [2.45, 2.75) is 24.5 Å². The number of fused-ring (bicyclic) bond motifs is 1. The van der Waals surface area contributed by atoms with Gasteiger partial charge in [-0.15, -0.1) is 0 Å². The standard InChI is InChI=1S/C19H20FN3O2S/c1-21-11-5-6-16-13-14-12-15(20)9-10-18(14)23(26(16,24)25)19-8-4-3-7-17(19)22-2/h3-4,7-10,12,16,21H,5-6,11,13H2,1H3/t16-/m1/s1. The van der Waals surface area contributed by atoms with Crippen molar-refractivity contribution in [1.29, 1.82) is 0 Å². The van der Waals surface area contributed by atoms with E-state index in [1.807, 2.05) is 7.05 Å². The van der Waals surface area contributed by atoms with E-state index in [2.05, 4.69) is 10.2 Å². The highest BCUT2D eigenvalue weighted by Gasteiger charge is 2.39. The molecule has 26 heavy (non-hydrogen) atoms. The fourth-order valence-corrected chi connectivity index (χ4v) is 5.34. The minimum Gasteiger partial charge on any atom is -0.320 e. The molecule has 7 heteroatoms. The number of hydrogen-bond donors (Lipinski definition) is 1. The topological polar surface area (TPSA) is 53.8 Å². The van der Waals surface area contributed by atoms with Crippen LogP contribution in [0.25, 0.3) is 4.85 Å². The van der Waals surface area contributed by atoms with Crippen molar-refractivity contribution in [2.24, 2.45) is 0 Å². The molecule has 0 aromatic heterocycles. The number of anilines is 2. The molecule has 1 aliphatic rings. The minimum atomic E-state index is -3.72. The third-order valence-electron chi connectivity index (χ3n) is 4.56. The van der Waals surface area contributed by atoms with E-state index < -0.39 is 21.1 Å². The van der Waals surface area contributed by atoms with Gasteiger partial charge in [-0.25, -0.2) is 22.0 Å². The molecule has 136 valence electrons. The largest absolute Gasteiger partial charge is 0.320 e. The molecule has 1 aliphatic heterocycles. The van der Waals surface area contributed by atoms with Gasteiger partial charge in [0.2, 0.25) is 15.7 Å². The van der Waals surface area contributed by atoms with E-state index in [1.54, 1.807) is 24.3 Å². The summed E-state index contributed by atoms with van der Waals surface area (Å²) < 4.78 is 41.7. The Morgan fingerprint density at radius 2 is 2.04 bits per heavy atom. The number of para-hydroxylation sites is 2. The number of nitrogens with zero attached hydrogens (tertiary/aromatic N) is 2. The van der Waals surface area contributed by atoms with Crippen LogP contribution in [0.3, 0.4) is 0 Å². The van der Waals surface area contributed by atoms with Gasteiger partial charge in [-0.3, -0.25) is 0 Å². The molecule has 0 bridgehead atoms. The van der Waals surface area contributed by atoms with Crippen LogP contribution >= 0.6 is 0 Å². The van der Waals surface area contributed by atoms with Crippen LogP contribution in [0.1, 0.15) is 18.4 Å². The lowest BCUT2D eigenvalue weighted by Crippen LogP contribution is -2.41. The van der Waals surface area contributed by atoms with E-state index in [-0.39, 0.29) is 12.1 Å². The Labute approximate surface area is 153 Å². The van der Waals surface area contributed by atoms with Gasteiger partial charge in [0.05, 0.1) is 23.2 Å². The first kappa shape index (κ1) is 18.4. The molecule has 3 rings (SSSR count). The molecule has 1 atom stereocenters. The molecule has 1 N–H and O–H groups in total. The molecule has 0 fully saturated rings. The van der Waals surface area contributed by atoms with Crippen LogP contribution < -0.4 is 9.62 Å². The number of sulfonamides is 1. The van der Waals surface area contributed by atoms with E-state index in [0.717, 1.165) is 0 Å². The maximum atomic E-state index is 13.8. The first-order chi connectivity index (χ1) is 12.5. The summed E-state index contributed by atoms with van der Waals surface area (Å²) in [5.74, 6) is -0.393. The number of halogens is 1. The molecule has 0 saturated heterocycles. The molecule has 0 amide bonds. The summed E-state index contributed by atoms with van der Waals surface area (Å²) in [6, 6.07) is 10.7. The second-order valence-corrected chi connectivity index (χ2v) is 8.32. The van der Waals surface area contributed by atoms with Crippen LogP contribution in [0, 0.1) is 12.4 Å². The average molecular weight is 373 g/mol. The van der Waals surface area contributed by atoms with E-state index in [4.69, 9.17) is 6.57 Å². The quantitative estimate of drug-likeness (QED) is 0.641. The van der Waals surface area contributed by atoms with Crippen molar-refractivity contribution in [3.05, 3.63) is 65.3 Å². The Kier molecular flexibility index (Phi) is 5.25. The van der Waals surface area contributed by atoms with Crippen molar-refractivity contribution in [2.75, 3.05) is 17.9 Å². The summed E-state index contributed by atoms with van der Waals surface area (Å²) in [5.41, 5.74) is 1.64. The van der Waals surface area contributed by atoms with Crippen molar-refractivity contribution >= 4 is 27.1 Å².